The fourth-order valence-electron chi connectivity index (χ4n) is 3.53. The fourth-order valence-corrected chi connectivity index (χ4v) is 3.53. The Hall–Kier alpha value is -3.09. The molecule has 1 fully saturated rings. The number of halogens is 1. The van der Waals surface area contributed by atoms with Crippen molar-refractivity contribution in [2.45, 2.75) is 38.8 Å². The van der Waals surface area contributed by atoms with Crippen LogP contribution in [0.2, 0.25) is 0 Å². The van der Waals surface area contributed by atoms with Gasteiger partial charge in [-0.2, -0.15) is 0 Å². The van der Waals surface area contributed by atoms with E-state index in [1.54, 1.807) is 19.2 Å². The van der Waals surface area contributed by atoms with Gasteiger partial charge in [-0.1, -0.05) is 12.1 Å². The molecule has 1 aliphatic heterocycles. The third-order valence-corrected chi connectivity index (χ3v) is 5.21. The number of rotatable bonds is 7. The van der Waals surface area contributed by atoms with Gasteiger partial charge in [0.15, 0.2) is 5.96 Å². The monoisotopic (exact) mass is 426 g/mol. The van der Waals surface area contributed by atoms with Crippen molar-refractivity contribution >= 4 is 11.9 Å². The van der Waals surface area contributed by atoms with Gasteiger partial charge in [-0.15, -0.1) is 0 Å². The van der Waals surface area contributed by atoms with Crippen LogP contribution in [-0.2, 0) is 6.54 Å². The zero-order valence-electron chi connectivity index (χ0n) is 18.2. The Morgan fingerprint density at radius 3 is 2.58 bits per heavy atom. The van der Waals surface area contributed by atoms with Gasteiger partial charge in [0.1, 0.15) is 17.7 Å². The summed E-state index contributed by atoms with van der Waals surface area (Å²) in [7, 11) is 1.71. The van der Waals surface area contributed by atoms with Crippen molar-refractivity contribution in [1.29, 1.82) is 0 Å². The van der Waals surface area contributed by atoms with Gasteiger partial charge in [-0.3, -0.25) is 9.79 Å². The minimum absolute atomic E-state index is 0.107. The van der Waals surface area contributed by atoms with Crippen molar-refractivity contribution in [3.63, 3.8) is 0 Å². The van der Waals surface area contributed by atoms with Crippen LogP contribution >= 0.6 is 0 Å². The summed E-state index contributed by atoms with van der Waals surface area (Å²) in [5.74, 6) is 1.08. The van der Waals surface area contributed by atoms with Crippen LogP contribution in [0.1, 0.15) is 42.1 Å². The summed E-state index contributed by atoms with van der Waals surface area (Å²) in [6.45, 7) is 4.70. The Morgan fingerprint density at radius 2 is 1.87 bits per heavy atom. The molecular weight excluding hydrogens is 395 g/mol. The first-order valence-corrected chi connectivity index (χ1v) is 10.8. The molecule has 2 aromatic carbocycles. The first kappa shape index (κ1) is 22.6. The molecule has 0 saturated carbocycles. The SMILES string of the molecule is CN=C(NCc1cccc(C(=O)N2CCCCC2)c1)NCC(C)Oc1ccc(F)cc1. The van der Waals surface area contributed by atoms with Crippen LogP contribution in [0.25, 0.3) is 0 Å². The van der Waals surface area contributed by atoms with Crippen molar-refractivity contribution in [2.75, 3.05) is 26.7 Å². The second kappa shape index (κ2) is 11.3. The summed E-state index contributed by atoms with van der Waals surface area (Å²) in [6.07, 6.45) is 3.23. The first-order valence-electron chi connectivity index (χ1n) is 10.8. The smallest absolute Gasteiger partial charge is 0.253 e. The van der Waals surface area contributed by atoms with Crippen molar-refractivity contribution in [2.24, 2.45) is 4.99 Å². The third kappa shape index (κ3) is 6.98. The van der Waals surface area contributed by atoms with Gasteiger partial charge in [-0.05, 0) is 68.1 Å². The summed E-state index contributed by atoms with van der Waals surface area (Å²) in [5.41, 5.74) is 1.74. The lowest BCUT2D eigenvalue weighted by Crippen LogP contribution is -2.41. The van der Waals surface area contributed by atoms with Crippen LogP contribution in [0.4, 0.5) is 4.39 Å². The lowest BCUT2D eigenvalue weighted by Gasteiger charge is -2.26. The van der Waals surface area contributed by atoms with Gasteiger partial charge < -0.3 is 20.3 Å². The van der Waals surface area contributed by atoms with Crippen molar-refractivity contribution < 1.29 is 13.9 Å². The standard InChI is InChI=1S/C24H31FN4O2/c1-18(31-22-11-9-21(25)10-12-22)16-27-24(26-2)28-17-19-7-6-8-20(15-19)23(30)29-13-4-3-5-14-29/h6-12,15,18H,3-5,13-14,16-17H2,1-2H3,(H2,26,27,28). The second-order valence-corrected chi connectivity index (χ2v) is 7.74. The Morgan fingerprint density at radius 1 is 1.13 bits per heavy atom. The van der Waals surface area contributed by atoms with Gasteiger partial charge in [0.05, 0.1) is 6.54 Å². The number of hydrogen-bond acceptors (Lipinski definition) is 3. The Kier molecular flexibility index (Phi) is 8.27. The molecule has 2 aromatic rings. The van der Waals surface area contributed by atoms with E-state index in [-0.39, 0.29) is 17.8 Å². The lowest BCUT2D eigenvalue weighted by atomic mass is 10.1. The highest BCUT2D eigenvalue weighted by Gasteiger charge is 2.18. The summed E-state index contributed by atoms with van der Waals surface area (Å²) >= 11 is 0. The number of hydrogen-bond donors (Lipinski definition) is 2. The second-order valence-electron chi connectivity index (χ2n) is 7.74. The van der Waals surface area contributed by atoms with E-state index in [2.05, 4.69) is 15.6 Å². The van der Waals surface area contributed by atoms with Crippen molar-refractivity contribution in [3.05, 3.63) is 65.5 Å². The number of benzene rings is 2. The normalized spacial score (nSPS) is 15.3. The minimum Gasteiger partial charge on any atom is -0.489 e. The maximum atomic E-state index is 13.0. The minimum atomic E-state index is -0.288. The van der Waals surface area contributed by atoms with Crippen LogP contribution in [0.3, 0.4) is 0 Å². The topological polar surface area (TPSA) is 66.0 Å². The van der Waals surface area contributed by atoms with Gasteiger partial charge in [0.25, 0.3) is 5.91 Å². The molecule has 1 saturated heterocycles. The molecule has 31 heavy (non-hydrogen) atoms. The molecular formula is C24H31FN4O2. The lowest BCUT2D eigenvalue weighted by molar-refractivity contribution is 0.0724. The average Bonchev–Trinajstić information content (AvgIpc) is 2.81. The van der Waals surface area contributed by atoms with Gasteiger partial charge in [0.2, 0.25) is 0 Å². The number of likely N-dealkylation sites (tertiary alicyclic amines) is 1. The molecule has 0 bridgehead atoms. The number of carbonyl (C=O) groups excluding carboxylic acids is 1. The Balaban J connectivity index is 1.47. The summed E-state index contributed by atoms with van der Waals surface area (Å²) in [4.78, 5) is 18.9. The number of aliphatic imine (C=N–C) groups is 1. The van der Waals surface area contributed by atoms with E-state index < -0.39 is 0 Å². The first-order chi connectivity index (χ1) is 15.0. The maximum absolute atomic E-state index is 13.0. The largest absolute Gasteiger partial charge is 0.489 e. The van der Waals surface area contributed by atoms with E-state index in [1.165, 1.54) is 18.6 Å². The van der Waals surface area contributed by atoms with E-state index in [0.717, 1.165) is 37.1 Å². The molecule has 7 heteroatoms. The third-order valence-electron chi connectivity index (χ3n) is 5.21. The molecule has 6 nitrogen and oxygen atoms in total. The molecule has 1 atom stereocenters. The van der Waals surface area contributed by atoms with E-state index in [9.17, 15) is 9.18 Å². The molecule has 3 rings (SSSR count). The number of carbonyl (C=O) groups is 1. The zero-order valence-corrected chi connectivity index (χ0v) is 18.2. The van der Waals surface area contributed by atoms with Gasteiger partial charge >= 0.3 is 0 Å². The molecule has 2 N–H and O–H groups in total. The molecule has 0 aliphatic carbocycles. The number of ether oxygens (including phenoxy) is 1. The van der Waals surface area contributed by atoms with Crippen LogP contribution in [0.15, 0.2) is 53.5 Å². The van der Waals surface area contributed by atoms with Gasteiger partial charge in [0, 0.05) is 32.2 Å². The van der Waals surface area contributed by atoms with Gasteiger partial charge in [-0.25, -0.2) is 4.39 Å². The van der Waals surface area contributed by atoms with Crippen molar-refractivity contribution in [3.8, 4) is 5.75 Å². The number of guanidine groups is 1. The van der Waals surface area contributed by atoms with E-state index in [4.69, 9.17) is 4.74 Å². The summed E-state index contributed by atoms with van der Waals surface area (Å²) in [5, 5.41) is 6.49. The molecule has 0 radical (unpaired) electrons. The predicted molar refractivity (Wildman–Crippen MR) is 121 cm³/mol. The van der Waals surface area contributed by atoms with Crippen molar-refractivity contribution in [1.82, 2.24) is 15.5 Å². The highest BCUT2D eigenvalue weighted by Crippen LogP contribution is 2.15. The van der Waals surface area contributed by atoms with Crippen LogP contribution in [0, 0.1) is 5.82 Å². The molecule has 1 unspecified atom stereocenters. The van der Waals surface area contributed by atoms with E-state index in [0.29, 0.717) is 24.8 Å². The van der Waals surface area contributed by atoms with Crippen LogP contribution in [-0.4, -0.2) is 49.6 Å². The highest BCUT2D eigenvalue weighted by molar-refractivity contribution is 5.94. The maximum Gasteiger partial charge on any atom is 0.253 e. The molecule has 0 spiro atoms. The van der Waals surface area contributed by atoms with E-state index >= 15 is 0 Å². The zero-order chi connectivity index (χ0) is 22.1. The number of piperidine rings is 1. The molecule has 1 heterocycles. The summed E-state index contributed by atoms with van der Waals surface area (Å²) in [6, 6.07) is 13.7. The Bertz CT molecular complexity index is 879. The molecule has 1 amide bonds. The quantitative estimate of drug-likeness (QED) is 0.525. The number of amides is 1. The molecule has 166 valence electrons. The molecule has 1 aliphatic rings. The van der Waals surface area contributed by atoms with E-state index in [1.807, 2.05) is 36.1 Å². The fraction of sp³-hybridized carbons (Fsp3) is 0.417. The number of nitrogens with one attached hydrogen (secondary N) is 2. The van der Waals surface area contributed by atoms with Crippen LogP contribution in [0.5, 0.6) is 5.75 Å². The van der Waals surface area contributed by atoms with Crippen LogP contribution < -0.4 is 15.4 Å². The Labute approximate surface area is 183 Å². The molecule has 0 aromatic heterocycles. The highest BCUT2D eigenvalue weighted by atomic mass is 19.1. The summed E-state index contributed by atoms with van der Waals surface area (Å²) < 4.78 is 18.8. The number of nitrogens with zero attached hydrogens (tertiary/aromatic N) is 2. The average molecular weight is 427 g/mol. The predicted octanol–water partition coefficient (Wildman–Crippen LogP) is 3.58.